The highest BCUT2D eigenvalue weighted by Gasteiger charge is 2.05. The predicted octanol–water partition coefficient (Wildman–Crippen LogP) is 2.95. The SMILES string of the molecule is CCN(Cc1ccccc1)c1ccc(/C=N/Nc2nc(=O)[nH]nc2C)cc1. The zero-order valence-electron chi connectivity index (χ0n) is 15.4. The van der Waals surface area contributed by atoms with Crippen LogP contribution in [-0.2, 0) is 6.54 Å². The van der Waals surface area contributed by atoms with Gasteiger partial charge in [-0.2, -0.15) is 15.2 Å². The molecule has 0 saturated heterocycles. The molecule has 7 heteroatoms. The Kier molecular flexibility index (Phi) is 5.94. The lowest BCUT2D eigenvalue weighted by molar-refractivity contribution is 0.832. The van der Waals surface area contributed by atoms with Gasteiger partial charge in [0.05, 0.1) is 6.21 Å². The Morgan fingerprint density at radius 2 is 1.89 bits per heavy atom. The van der Waals surface area contributed by atoms with Crippen LogP contribution in [0.3, 0.4) is 0 Å². The second kappa shape index (κ2) is 8.75. The van der Waals surface area contributed by atoms with Gasteiger partial charge in [-0.05, 0) is 37.1 Å². The number of aryl methyl sites for hydroxylation is 1. The molecule has 0 bridgehead atoms. The number of nitrogens with zero attached hydrogens (tertiary/aromatic N) is 4. The zero-order chi connectivity index (χ0) is 19.1. The van der Waals surface area contributed by atoms with Gasteiger partial charge in [0.2, 0.25) is 0 Å². The molecular formula is C20H22N6O. The fraction of sp³-hybridized carbons (Fsp3) is 0.200. The van der Waals surface area contributed by atoms with E-state index in [1.807, 2.05) is 18.2 Å². The van der Waals surface area contributed by atoms with Crippen LogP contribution < -0.4 is 16.0 Å². The van der Waals surface area contributed by atoms with E-state index in [-0.39, 0.29) is 0 Å². The Bertz CT molecular complexity index is 950. The molecule has 27 heavy (non-hydrogen) atoms. The molecule has 0 saturated carbocycles. The predicted molar refractivity (Wildman–Crippen MR) is 108 cm³/mol. The van der Waals surface area contributed by atoms with Gasteiger partial charge in [0, 0.05) is 18.8 Å². The maximum atomic E-state index is 11.2. The third kappa shape index (κ3) is 5.01. The van der Waals surface area contributed by atoms with Crippen molar-refractivity contribution < 1.29 is 0 Å². The highest BCUT2D eigenvalue weighted by atomic mass is 16.1. The summed E-state index contributed by atoms with van der Waals surface area (Å²) in [6.45, 7) is 5.67. The van der Waals surface area contributed by atoms with Crippen molar-refractivity contribution in [2.45, 2.75) is 20.4 Å². The fourth-order valence-electron chi connectivity index (χ4n) is 2.63. The summed E-state index contributed by atoms with van der Waals surface area (Å²) < 4.78 is 0. The summed E-state index contributed by atoms with van der Waals surface area (Å²) in [5.74, 6) is 0.339. The molecule has 1 heterocycles. The minimum absolute atomic E-state index is 0.339. The first-order chi connectivity index (χ1) is 13.2. The Morgan fingerprint density at radius 3 is 2.59 bits per heavy atom. The third-order valence-corrected chi connectivity index (χ3v) is 4.12. The van der Waals surface area contributed by atoms with E-state index < -0.39 is 5.69 Å². The van der Waals surface area contributed by atoms with E-state index in [2.05, 4.69) is 73.9 Å². The normalized spacial score (nSPS) is 10.9. The largest absolute Gasteiger partial charge is 0.367 e. The van der Waals surface area contributed by atoms with Crippen LogP contribution in [0.1, 0.15) is 23.7 Å². The summed E-state index contributed by atoms with van der Waals surface area (Å²) in [4.78, 5) is 17.3. The number of hydrogen-bond acceptors (Lipinski definition) is 6. The van der Waals surface area contributed by atoms with Gasteiger partial charge >= 0.3 is 5.69 Å². The fourth-order valence-corrected chi connectivity index (χ4v) is 2.63. The zero-order valence-corrected chi connectivity index (χ0v) is 15.4. The molecule has 0 amide bonds. The number of rotatable bonds is 7. The van der Waals surface area contributed by atoms with Crippen LogP contribution in [0.15, 0.2) is 64.5 Å². The maximum absolute atomic E-state index is 11.2. The molecule has 0 atom stereocenters. The van der Waals surface area contributed by atoms with Gasteiger partial charge in [-0.3, -0.25) is 5.43 Å². The smallest absolute Gasteiger partial charge is 0.363 e. The first kappa shape index (κ1) is 18.3. The maximum Gasteiger partial charge on any atom is 0.363 e. The average Bonchev–Trinajstić information content (AvgIpc) is 2.70. The lowest BCUT2D eigenvalue weighted by Crippen LogP contribution is -2.21. The minimum Gasteiger partial charge on any atom is -0.367 e. The van der Waals surface area contributed by atoms with Gasteiger partial charge in [0.15, 0.2) is 5.82 Å². The summed E-state index contributed by atoms with van der Waals surface area (Å²) in [7, 11) is 0. The van der Waals surface area contributed by atoms with Gasteiger partial charge in [0.25, 0.3) is 0 Å². The highest BCUT2D eigenvalue weighted by Crippen LogP contribution is 2.17. The van der Waals surface area contributed by atoms with E-state index in [4.69, 9.17) is 0 Å². The Hall–Kier alpha value is -3.48. The molecule has 0 aliphatic rings. The van der Waals surface area contributed by atoms with Crippen LogP contribution in [0.5, 0.6) is 0 Å². The summed E-state index contributed by atoms with van der Waals surface area (Å²) in [6.07, 6.45) is 1.68. The lowest BCUT2D eigenvalue weighted by atomic mass is 10.1. The molecule has 2 N–H and O–H groups in total. The van der Waals surface area contributed by atoms with Crippen LogP contribution in [0.25, 0.3) is 0 Å². The van der Waals surface area contributed by atoms with Crippen molar-refractivity contribution in [2.75, 3.05) is 16.9 Å². The van der Waals surface area contributed by atoms with Crippen molar-refractivity contribution in [2.24, 2.45) is 5.10 Å². The van der Waals surface area contributed by atoms with E-state index in [1.165, 1.54) is 5.56 Å². The molecule has 0 aliphatic heterocycles. The van der Waals surface area contributed by atoms with Crippen molar-refractivity contribution in [1.29, 1.82) is 0 Å². The van der Waals surface area contributed by atoms with Crippen LogP contribution in [0, 0.1) is 6.92 Å². The summed E-state index contributed by atoms with van der Waals surface area (Å²) in [5.41, 5.74) is 6.19. The van der Waals surface area contributed by atoms with Crippen LogP contribution in [0.4, 0.5) is 11.5 Å². The van der Waals surface area contributed by atoms with Gasteiger partial charge in [0.1, 0.15) is 5.69 Å². The number of nitrogens with one attached hydrogen (secondary N) is 2. The van der Waals surface area contributed by atoms with Crippen molar-refractivity contribution in [3.05, 3.63) is 81.9 Å². The lowest BCUT2D eigenvalue weighted by Gasteiger charge is -2.23. The summed E-state index contributed by atoms with van der Waals surface area (Å²) in [5, 5.41) is 10.2. The van der Waals surface area contributed by atoms with Crippen LogP contribution in [0.2, 0.25) is 0 Å². The number of anilines is 2. The molecule has 3 rings (SSSR count). The van der Waals surface area contributed by atoms with E-state index >= 15 is 0 Å². The molecule has 0 spiro atoms. The molecule has 0 radical (unpaired) electrons. The number of aromatic nitrogens is 3. The Morgan fingerprint density at radius 1 is 1.15 bits per heavy atom. The highest BCUT2D eigenvalue weighted by molar-refractivity contribution is 5.80. The molecule has 0 unspecified atom stereocenters. The molecule has 0 fully saturated rings. The van der Waals surface area contributed by atoms with Crippen molar-refractivity contribution in [3.63, 3.8) is 0 Å². The van der Waals surface area contributed by atoms with Crippen LogP contribution in [-0.4, -0.2) is 27.9 Å². The van der Waals surface area contributed by atoms with Crippen molar-refractivity contribution in [1.82, 2.24) is 15.2 Å². The number of benzene rings is 2. The quantitative estimate of drug-likeness (QED) is 0.498. The second-order valence-corrected chi connectivity index (χ2v) is 6.04. The topological polar surface area (TPSA) is 86.3 Å². The first-order valence-electron chi connectivity index (χ1n) is 8.77. The molecule has 2 aromatic carbocycles. The number of hydrogen-bond donors (Lipinski definition) is 2. The van der Waals surface area contributed by atoms with Gasteiger partial charge in [-0.25, -0.2) is 9.89 Å². The van der Waals surface area contributed by atoms with Gasteiger partial charge < -0.3 is 4.90 Å². The molecule has 7 nitrogen and oxygen atoms in total. The molecule has 0 aliphatic carbocycles. The van der Waals surface area contributed by atoms with Crippen molar-refractivity contribution in [3.8, 4) is 0 Å². The van der Waals surface area contributed by atoms with Gasteiger partial charge in [-0.1, -0.05) is 42.5 Å². The minimum atomic E-state index is -0.513. The first-order valence-corrected chi connectivity index (χ1v) is 8.77. The number of hydrazone groups is 1. The Labute approximate surface area is 157 Å². The van der Waals surface area contributed by atoms with Gasteiger partial charge in [-0.15, -0.1) is 0 Å². The van der Waals surface area contributed by atoms with E-state index in [0.29, 0.717) is 11.5 Å². The Balaban J connectivity index is 1.65. The van der Waals surface area contributed by atoms with E-state index in [9.17, 15) is 4.79 Å². The molecule has 1 aromatic heterocycles. The summed E-state index contributed by atoms with van der Waals surface area (Å²) in [6, 6.07) is 18.6. The molecular weight excluding hydrogens is 340 g/mol. The van der Waals surface area contributed by atoms with E-state index in [1.54, 1.807) is 13.1 Å². The molecule has 138 valence electrons. The number of aromatic amines is 1. The van der Waals surface area contributed by atoms with Crippen molar-refractivity contribution >= 4 is 17.7 Å². The second-order valence-electron chi connectivity index (χ2n) is 6.04. The average molecular weight is 362 g/mol. The number of H-pyrrole nitrogens is 1. The monoisotopic (exact) mass is 362 g/mol. The van der Waals surface area contributed by atoms with E-state index in [0.717, 1.165) is 24.3 Å². The standard InChI is InChI=1S/C20H22N6O/c1-3-26(14-17-7-5-4-6-8-17)18-11-9-16(10-12-18)13-21-24-19-15(2)23-25-20(27)22-19/h4-13H,3,14H2,1-2H3,(H2,22,24,25,27)/b21-13+. The van der Waals surface area contributed by atoms with Crippen LogP contribution >= 0.6 is 0 Å². The third-order valence-electron chi connectivity index (χ3n) is 4.12. The summed E-state index contributed by atoms with van der Waals surface area (Å²) >= 11 is 0. The molecule has 3 aromatic rings.